The third kappa shape index (κ3) is 4.02. The first kappa shape index (κ1) is 27.9. The number of carbonyl (C=O) groups is 1. The predicted molar refractivity (Wildman–Crippen MR) is 140 cm³/mol. The van der Waals surface area contributed by atoms with Crippen LogP contribution < -0.4 is 10.2 Å². The van der Waals surface area contributed by atoms with E-state index >= 15 is 0 Å². The molecule has 0 amide bonds. The fourth-order valence-electron chi connectivity index (χ4n) is 8.70. The van der Waals surface area contributed by atoms with Crippen LogP contribution >= 0.6 is 0 Å². The maximum Gasteiger partial charge on any atom is 0.494 e. The van der Waals surface area contributed by atoms with Crippen molar-refractivity contribution in [1.82, 2.24) is 0 Å². The van der Waals surface area contributed by atoms with Crippen LogP contribution in [0.25, 0.3) is 0 Å². The molecule has 0 saturated heterocycles. The number of halogens is 1. The molecule has 4 aliphatic rings. The molecule has 5 rings (SSSR count). The maximum absolute atomic E-state index is 15.0. The van der Waals surface area contributed by atoms with E-state index < -0.39 is 54.7 Å². The summed E-state index contributed by atoms with van der Waals surface area (Å²) < 4.78 is 31.8. The largest absolute Gasteiger partial charge is 0.494 e. The summed E-state index contributed by atoms with van der Waals surface area (Å²) in [6, 6.07) is 3.05. The third-order valence-corrected chi connectivity index (χ3v) is 11.4. The molecule has 3 fully saturated rings. The molecule has 9 atom stereocenters. The van der Waals surface area contributed by atoms with Crippen LogP contribution in [0.4, 0.5) is 4.39 Å². The van der Waals surface area contributed by atoms with Crippen molar-refractivity contribution in [3.05, 3.63) is 23.5 Å². The van der Waals surface area contributed by atoms with Gasteiger partial charge in [-0.25, -0.2) is 9.18 Å². The summed E-state index contributed by atoms with van der Waals surface area (Å²) in [4.78, 5) is 13.3. The smallest absolute Gasteiger partial charge is 0.479 e. The zero-order valence-electron chi connectivity index (χ0n) is 23.2. The lowest BCUT2D eigenvalue weighted by Gasteiger charge is -2.63. The van der Waals surface area contributed by atoms with Crippen LogP contribution in [0.15, 0.2) is 12.1 Å². The Morgan fingerprint density at radius 3 is 2.63 bits per heavy atom. The van der Waals surface area contributed by atoms with E-state index in [1.54, 1.807) is 6.07 Å². The van der Waals surface area contributed by atoms with E-state index in [-0.39, 0.29) is 41.0 Å². The standard InChI is InChI=1S/C29H42BFO7/c1-6-27(4)13-21(38-22(33)15-36-20-8-7-18-14-37-30(35)23(18)24(20)31)28(5)16(2)9-11-29(17(3)26(27)34)12-10-19(32)25(28)29/h7-8,16-17,19,21,25-26,32,34-35H,6,9-15H2,1-5H3/t16-,17+,19?,21-,25+,26+,27-,28+,29+/m1/s1. The Balaban J connectivity index is 1.43. The van der Waals surface area contributed by atoms with Gasteiger partial charge in [0.15, 0.2) is 18.2 Å². The minimum absolute atomic E-state index is 0.0172. The number of carbonyl (C=O) groups excluding carboxylic acids is 1. The average Bonchev–Trinajstić information content (AvgIpc) is 3.45. The molecule has 0 radical (unpaired) electrons. The molecule has 210 valence electrons. The van der Waals surface area contributed by atoms with E-state index in [0.717, 1.165) is 25.7 Å². The Hall–Kier alpha value is -1.68. The van der Waals surface area contributed by atoms with E-state index in [9.17, 15) is 24.4 Å². The fourth-order valence-corrected chi connectivity index (χ4v) is 8.70. The highest BCUT2D eigenvalue weighted by Crippen LogP contribution is 2.69. The molecule has 1 heterocycles. The number of fused-ring (bicyclic) bond motifs is 1. The number of hydrogen-bond acceptors (Lipinski definition) is 7. The zero-order valence-corrected chi connectivity index (χ0v) is 23.2. The number of ether oxygens (including phenoxy) is 2. The van der Waals surface area contributed by atoms with E-state index in [2.05, 4.69) is 34.6 Å². The first-order valence-electron chi connectivity index (χ1n) is 14.2. The monoisotopic (exact) mass is 532 g/mol. The molecule has 9 heteroatoms. The van der Waals surface area contributed by atoms with Gasteiger partial charge in [-0.2, -0.15) is 0 Å². The summed E-state index contributed by atoms with van der Waals surface area (Å²) in [7, 11) is -1.36. The van der Waals surface area contributed by atoms with Crippen LogP contribution in [0.1, 0.15) is 78.7 Å². The van der Waals surface area contributed by atoms with E-state index in [0.29, 0.717) is 18.4 Å². The van der Waals surface area contributed by atoms with Gasteiger partial charge in [0.1, 0.15) is 6.10 Å². The van der Waals surface area contributed by atoms with Crippen LogP contribution in [0, 0.1) is 39.8 Å². The zero-order chi connectivity index (χ0) is 27.6. The number of benzene rings is 1. The first-order valence-corrected chi connectivity index (χ1v) is 14.2. The number of rotatable bonds is 5. The molecule has 1 aliphatic heterocycles. The van der Waals surface area contributed by atoms with Crippen molar-refractivity contribution in [2.24, 2.45) is 34.0 Å². The number of esters is 1. The number of hydrogen-bond donors (Lipinski definition) is 3. The van der Waals surface area contributed by atoms with Crippen molar-refractivity contribution in [3.8, 4) is 5.75 Å². The highest BCUT2D eigenvalue weighted by molar-refractivity contribution is 6.61. The number of aliphatic hydroxyl groups is 2. The summed E-state index contributed by atoms with van der Waals surface area (Å²) in [6.45, 7) is 10.3. The van der Waals surface area contributed by atoms with Gasteiger partial charge in [0, 0.05) is 10.9 Å². The predicted octanol–water partition coefficient (Wildman–Crippen LogP) is 3.34. The van der Waals surface area contributed by atoms with Crippen molar-refractivity contribution in [3.63, 3.8) is 0 Å². The molecule has 3 saturated carbocycles. The fraction of sp³-hybridized carbons (Fsp3) is 0.759. The summed E-state index contributed by atoms with van der Waals surface area (Å²) in [6.07, 6.45) is 2.96. The van der Waals surface area contributed by atoms with Gasteiger partial charge in [-0.1, -0.05) is 40.7 Å². The molecular weight excluding hydrogens is 490 g/mol. The van der Waals surface area contributed by atoms with E-state index in [1.807, 2.05) is 0 Å². The summed E-state index contributed by atoms with van der Waals surface area (Å²) >= 11 is 0. The van der Waals surface area contributed by atoms with Gasteiger partial charge in [-0.3, -0.25) is 0 Å². The highest BCUT2D eigenvalue weighted by atomic mass is 19.1. The van der Waals surface area contributed by atoms with Gasteiger partial charge >= 0.3 is 13.1 Å². The molecule has 7 nitrogen and oxygen atoms in total. The van der Waals surface area contributed by atoms with Crippen LogP contribution in [0.2, 0.25) is 0 Å². The SMILES string of the molecule is CC[C@]1(C)C[C@@H](OC(=O)COc2ccc3c(c2F)B(O)OC3)[C@]2(C)[C@H](C)CC[C@]3(CCC(O)[C@H]32)[C@@H](C)[C@@H]1O. The minimum atomic E-state index is -1.36. The van der Waals surface area contributed by atoms with Gasteiger partial charge in [0.05, 0.1) is 18.8 Å². The molecule has 1 aromatic rings. The van der Waals surface area contributed by atoms with Crippen molar-refractivity contribution in [1.29, 1.82) is 0 Å². The van der Waals surface area contributed by atoms with Crippen LogP contribution in [0.5, 0.6) is 5.75 Å². The first-order chi connectivity index (χ1) is 17.9. The van der Waals surface area contributed by atoms with E-state index in [1.165, 1.54) is 6.07 Å². The lowest BCUT2D eigenvalue weighted by atomic mass is 9.43. The normalized spacial score (nSPS) is 42.2. The summed E-state index contributed by atoms with van der Waals surface area (Å²) in [5, 5.41) is 33.0. The van der Waals surface area contributed by atoms with Crippen LogP contribution in [-0.4, -0.2) is 53.2 Å². The molecule has 2 bridgehead atoms. The van der Waals surface area contributed by atoms with Crippen molar-refractivity contribution in [2.45, 2.75) is 98.1 Å². The van der Waals surface area contributed by atoms with Gasteiger partial charge in [-0.15, -0.1) is 0 Å². The molecule has 38 heavy (non-hydrogen) atoms. The molecular formula is C29H42BFO7. The number of aliphatic hydroxyl groups excluding tert-OH is 2. The van der Waals surface area contributed by atoms with Crippen LogP contribution in [-0.2, 0) is 20.8 Å². The third-order valence-electron chi connectivity index (χ3n) is 11.4. The lowest BCUT2D eigenvalue weighted by Crippen LogP contribution is -2.63. The Labute approximate surface area is 225 Å². The summed E-state index contributed by atoms with van der Waals surface area (Å²) in [5.74, 6) is -1.39. The quantitative estimate of drug-likeness (QED) is 0.395. The molecule has 0 aromatic heterocycles. The van der Waals surface area contributed by atoms with Crippen molar-refractivity contribution in [2.75, 3.05) is 6.61 Å². The Morgan fingerprint density at radius 2 is 1.92 bits per heavy atom. The topological polar surface area (TPSA) is 105 Å². The minimum Gasteiger partial charge on any atom is -0.479 e. The molecule has 1 aromatic carbocycles. The van der Waals surface area contributed by atoms with Gasteiger partial charge in [0.25, 0.3) is 0 Å². The second kappa shape index (κ2) is 9.75. The molecule has 3 aliphatic carbocycles. The lowest BCUT2D eigenvalue weighted by molar-refractivity contribution is -0.225. The maximum atomic E-state index is 15.0. The van der Waals surface area contributed by atoms with Gasteiger partial charge in [-0.05, 0) is 78.7 Å². The van der Waals surface area contributed by atoms with Gasteiger partial charge < -0.3 is 29.4 Å². The van der Waals surface area contributed by atoms with Crippen LogP contribution in [0.3, 0.4) is 0 Å². The molecule has 3 N–H and O–H groups in total. The second-order valence-corrected chi connectivity index (χ2v) is 12.9. The Morgan fingerprint density at radius 1 is 1.21 bits per heavy atom. The molecule has 1 unspecified atom stereocenters. The Kier molecular flexibility index (Phi) is 7.15. The average molecular weight is 532 g/mol. The van der Waals surface area contributed by atoms with Gasteiger partial charge in [0.2, 0.25) is 0 Å². The highest BCUT2D eigenvalue weighted by Gasteiger charge is 2.68. The second-order valence-electron chi connectivity index (χ2n) is 12.9. The van der Waals surface area contributed by atoms with Crippen molar-refractivity contribution < 1.29 is 38.6 Å². The Bertz CT molecular complexity index is 1090. The summed E-state index contributed by atoms with van der Waals surface area (Å²) in [5.41, 5.74) is -0.600. The molecule has 0 spiro atoms. The van der Waals surface area contributed by atoms with E-state index in [4.69, 9.17) is 14.1 Å². The van der Waals surface area contributed by atoms with Crippen molar-refractivity contribution >= 4 is 18.6 Å².